The van der Waals surface area contributed by atoms with E-state index in [9.17, 15) is 13.0 Å². The fourth-order valence-electron chi connectivity index (χ4n) is 3.31. The number of rotatable bonds is 7. The lowest BCUT2D eigenvalue weighted by Crippen LogP contribution is -2.47. The molecule has 8 nitrogen and oxygen atoms in total. The first-order chi connectivity index (χ1) is 16.2. The molecule has 11 heteroatoms. The van der Waals surface area contributed by atoms with Crippen LogP contribution in [-0.4, -0.2) is 46.9 Å². The van der Waals surface area contributed by atoms with E-state index in [1.165, 1.54) is 36.7 Å². The van der Waals surface area contributed by atoms with Crippen LogP contribution in [0.2, 0.25) is 0 Å². The molecule has 3 aromatic rings. The number of hydrogen-bond donors (Lipinski definition) is 1. The molecule has 178 valence electrons. The van der Waals surface area contributed by atoms with E-state index in [1.807, 2.05) is 12.3 Å². The zero-order valence-corrected chi connectivity index (χ0v) is 19.5. The summed E-state index contributed by atoms with van der Waals surface area (Å²) in [5.74, 6) is -0.572. The van der Waals surface area contributed by atoms with E-state index in [2.05, 4.69) is 20.1 Å². The Morgan fingerprint density at radius 3 is 2.85 bits per heavy atom. The van der Waals surface area contributed by atoms with E-state index < -0.39 is 33.2 Å². The van der Waals surface area contributed by atoms with E-state index in [4.69, 9.17) is 10.5 Å². The van der Waals surface area contributed by atoms with Crippen LogP contribution in [0.1, 0.15) is 36.7 Å². The van der Waals surface area contributed by atoms with Gasteiger partial charge in [-0.1, -0.05) is 6.07 Å². The maximum absolute atomic E-state index is 14.8. The molecule has 1 aliphatic heterocycles. The minimum Gasteiger partial charge on any atom is -0.475 e. The van der Waals surface area contributed by atoms with Gasteiger partial charge in [0, 0.05) is 28.8 Å². The Bertz CT molecular complexity index is 1240. The van der Waals surface area contributed by atoms with Crippen molar-refractivity contribution in [1.29, 1.82) is 0 Å². The van der Waals surface area contributed by atoms with E-state index >= 15 is 0 Å². The van der Waals surface area contributed by atoms with E-state index in [-0.39, 0.29) is 28.7 Å². The molecule has 0 radical (unpaired) electrons. The molecule has 3 heterocycles. The van der Waals surface area contributed by atoms with Crippen molar-refractivity contribution >= 4 is 28.5 Å². The molecule has 0 spiro atoms. The molecule has 2 unspecified atom stereocenters. The van der Waals surface area contributed by atoms with E-state index in [1.54, 1.807) is 24.7 Å². The van der Waals surface area contributed by atoms with Crippen molar-refractivity contribution < 1.29 is 17.7 Å². The zero-order valence-electron chi connectivity index (χ0n) is 18.7. The fourth-order valence-corrected chi connectivity index (χ4v) is 4.55. The highest BCUT2D eigenvalue weighted by molar-refractivity contribution is 7.87. The number of halogens is 2. The first-order valence-electron chi connectivity index (χ1n) is 10.6. The summed E-state index contributed by atoms with van der Waals surface area (Å²) in [4.78, 5) is 12.5. The summed E-state index contributed by atoms with van der Waals surface area (Å²) < 4.78 is 48.3. The van der Waals surface area contributed by atoms with Crippen LogP contribution in [0.3, 0.4) is 0 Å². The van der Waals surface area contributed by atoms with Gasteiger partial charge < -0.3 is 10.5 Å². The number of hydrogen-bond acceptors (Lipinski definition) is 7. The van der Waals surface area contributed by atoms with Gasteiger partial charge >= 0.3 is 0 Å². The third-order valence-electron chi connectivity index (χ3n) is 5.47. The van der Waals surface area contributed by atoms with Gasteiger partial charge in [-0.25, -0.2) is 18.7 Å². The van der Waals surface area contributed by atoms with Gasteiger partial charge in [0.25, 0.3) is 0 Å². The molecule has 0 fully saturated rings. The van der Waals surface area contributed by atoms with Gasteiger partial charge in [-0.05, 0) is 43.7 Å². The van der Waals surface area contributed by atoms with Crippen molar-refractivity contribution in [2.45, 2.75) is 31.2 Å². The van der Waals surface area contributed by atoms with Crippen LogP contribution in [0.15, 0.2) is 54.0 Å². The largest absolute Gasteiger partial charge is 0.475 e. The smallest absolute Gasteiger partial charge is 0.232 e. The number of benzene rings is 1. The Labute approximate surface area is 198 Å². The zero-order chi connectivity index (χ0) is 24.3. The Hall–Kier alpha value is -3.47. The van der Waals surface area contributed by atoms with Crippen molar-refractivity contribution in [2.75, 3.05) is 12.4 Å². The van der Waals surface area contributed by atoms with E-state index in [0.717, 1.165) is 0 Å². The number of amidine groups is 1. The van der Waals surface area contributed by atoms with E-state index in [0.29, 0.717) is 18.7 Å². The highest BCUT2D eigenvalue weighted by Crippen LogP contribution is 2.32. The summed E-state index contributed by atoms with van der Waals surface area (Å²) in [6.07, 6.45) is 7.31. The van der Waals surface area contributed by atoms with Gasteiger partial charge in [-0.2, -0.15) is 5.10 Å². The lowest BCUT2D eigenvalue weighted by atomic mass is 10.0. The molecule has 2 N–H and O–H groups in total. The van der Waals surface area contributed by atoms with Crippen LogP contribution in [0.5, 0.6) is 5.88 Å². The first kappa shape index (κ1) is 23.7. The first-order valence-corrected chi connectivity index (χ1v) is 11.9. The van der Waals surface area contributed by atoms with Crippen LogP contribution in [-0.2, 0) is 17.3 Å². The summed E-state index contributed by atoms with van der Waals surface area (Å²) in [7, 11) is -1.33. The number of aromatic nitrogens is 4. The van der Waals surface area contributed by atoms with Crippen LogP contribution in [0, 0.1) is 5.82 Å². The summed E-state index contributed by atoms with van der Waals surface area (Å²) in [5, 5.41) is 4.07. The fraction of sp³-hybridized carbons (Fsp3) is 0.304. The molecule has 0 amide bonds. The van der Waals surface area contributed by atoms with Gasteiger partial charge in [-0.15, -0.1) is 0 Å². The van der Waals surface area contributed by atoms with Crippen LogP contribution < -0.4 is 10.5 Å². The topological polar surface area (TPSA) is 108 Å². The summed E-state index contributed by atoms with van der Waals surface area (Å²) in [6, 6.07) is 5.25. The normalized spacial score (nSPS) is 20.1. The number of ether oxygens (including phenoxy) is 1. The highest BCUT2D eigenvalue weighted by Gasteiger charge is 2.37. The van der Waals surface area contributed by atoms with Crippen molar-refractivity contribution in [1.82, 2.24) is 19.7 Å². The molecule has 34 heavy (non-hydrogen) atoms. The minimum atomic E-state index is -1.33. The minimum absolute atomic E-state index is 0.00749. The van der Waals surface area contributed by atoms with Gasteiger partial charge in [-0.3, -0.25) is 13.9 Å². The third kappa shape index (κ3) is 5.19. The predicted molar refractivity (Wildman–Crippen MR) is 127 cm³/mol. The van der Waals surface area contributed by atoms with Crippen molar-refractivity contribution in [3.8, 4) is 5.88 Å². The Morgan fingerprint density at radius 1 is 1.35 bits per heavy atom. The second-order valence-corrected chi connectivity index (χ2v) is 10.2. The van der Waals surface area contributed by atoms with Crippen LogP contribution >= 0.6 is 0 Å². The molecular weight excluding hydrogens is 462 g/mol. The van der Waals surface area contributed by atoms with Crippen molar-refractivity contribution in [2.24, 2.45) is 10.7 Å². The van der Waals surface area contributed by atoms with Gasteiger partial charge in [0.1, 0.15) is 24.0 Å². The van der Waals surface area contributed by atoms with Gasteiger partial charge in [0.05, 0.1) is 35.5 Å². The molecule has 4 rings (SSSR count). The van der Waals surface area contributed by atoms with Crippen molar-refractivity contribution in [3.63, 3.8) is 0 Å². The molecule has 0 saturated carbocycles. The Balaban J connectivity index is 1.47. The second-order valence-electron chi connectivity index (χ2n) is 8.18. The average molecular weight is 487 g/mol. The molecule has 2 atom stereocenters. The Kier molecular flexibility index (Phi) is 6.82. The predicted octanol–water partition coefficient (Wildman–Crippen LogP) is 3.30. The van der Waals surface area contributed by atoms with Gasteiger partial charge in [0.15, 0.2) is 5.83 Å². The molecular formula is C23H24F2N6O2S. The standard InChI is InChI=1S/C23H24F2N6O2S/c1-23(2)22(26)30-20(14-34(23)32)16-10-15(4-5-17(16)24)11-18(25)19-12-28-21(13-27-19)33-9-8-31-7-3-6-29-31/h3-7,10-13,20H,8-9,14H2,1-2H3,(H2,26,30)/b18-11-. The Morgan fingerprint density at radius 2 is 2.18 bits per heavy atom. The molecule has 1 aliphatic rings. The number of nitrogens with two attached hydrogens (primary N) is 1. The maximum atomic E-state index is 14.8. The lowest BCUT2D eigenvalue weighted by Gasteiger charge is -2.31. The second kappa shape index (κ2) is 9.80. The average Bonchev–Trinajstić information content (AvgIpc) is 3.33. The van der Waals surface area contributed by atoms with Crippen LogP contribution in [0.4, 0.5) is 8.78 Å². The maximum Gasteiger partial charge on any atom is 0.232 e. The molecule has 0 saturated heterocycles. The summed E-state index contributed by atoms with van der Waals surface area (Å²) >= 11 is 0. The molecule has 1 aromatic carbocycles. The third-order valence-corrected chi connectivity index (χ3v) is 7.43. The molecule has 0 bridgehead atoms. The number of aliphatic imine (C=N–C) groups is 1. The quantitative estimate of drug-likeness (QED) is 0.549. The molecule has 2 aromatic heterocycles. The molecule has 0 aliphatic carbocycles. The van der Waals surface area contributed by atoms with Crippen LogP contribution in [0.25, 0.3) is 11.9 Å². The summed E-state index contributed by atoms with van der Waals surface area (Å²) in [5.41, 5.74) is 6.59. The lowest BCUT2D eigenvalue weighted by molar-refractivity contribution is 0.279. The number of nitrogens with zero attached hydrogens (tertiary/aromatic N) is 5. The highest BCUT2D eigenvalue weighted by atomic mass is 32.2. The van der Waals surface area contributed by atoms with Gasteiger partial charge in [0.2, 0.25) is 5.88 Å². The SMILES string of the molecule is CC1(C)C(N)=NC(c2cc(/C=C(\F)c3cnc(OCCn4cccn4)cn3)ccc2F)CS1=O. The summed E-state index contributed by atoms with van der Waals surface area (Å²) in [6.45, 7) is 4.35. The van der Waals surface area contributed by atoms with Crippen molar-refractivity contribution in [3.05, 3.63) is 71.7 Å². The monoisotopic (exact) mass is 486 g/mol.